The van der Waals surface area contributed by atoms with Gasteiger partial charge in [-0.15, -0.1) is 0 Å². The highest BCUT2D eigenvalue weighted by atomic mass is 35.5. The molecule has 0 bridgehead atoms. The zero-order chi connectivity index (χ0) is 17.7. The van der Waals surface area contributed by atoms with E-state index in [0.717, 1.165) is 11.1 Å². The lowest BCUT2D eigenvalue weighted by atomic mass is 10.1. The van der Waals surface area contributed by atoms with Gasteiger partial charge in [0.15, 0.2) is 6.61 Å². The normalized spacial score (nSPS) is 10.2. The monoisotopic (exact) mass is 346 g/mol. The Morgan fingerprint density at radius 1 is 1.00 bits per heavy atom. The summed E-state index contributed by atoms with van der Waals surface area (Å²) in [5, 5.41) is 6.04. The summed E-state index contributed by atoms with van der Waals surface area (Å²) in [7, 11) is 0. The minimum atomic E-state index is -0.268. The minimum Gasteiger partial charge on any atom is -0.483 e. The van der Waals surface area contributed by atoms with Crippen LogP contribution in [0.3, 0.4) is 0 Å². The molecule has 6 heteroatoms. The van der Waals surface area contributed by atoms with E-state index in [9.17, 15) is 9.59 Å². The second kappa shape index (κ2) is 7.84. The molecular formula is C18H19ClN2O3. The molecule has 0 unspecified atom stereocenters. The predicted octanol–water partition coefficient (Wildman–Crippen LogP) is 3.93. The van der Waals surface area contributed by atoms with Gasteiger partial charge in [0.25, 0.3) is 5.91 Å². The molecule has 0 atom stereocenters. The van der Waals surface area contributed by atoms with Crippen molar-refractivity contribution in [2.24, 2.45) is 0 Å². The molecule has 0 aliphatic rings. The lowest BCUT2D eigenvalue weighted by Crippen LogP contribution is -2.20. The number of amides is 2. The van der Waals surface area contributed by atoms with Crippen LogP contribution in [0.5, 0.6) is 5.75 Å². The molecular weight excluding hydrogens is 328 g/mol. The van der Waals surface area contributed by atoms with Crippen LogP contribution in [0.4, 0.5) is 11.4 Å². The fraction of sp³-hybridized carbons (Fsp3) is 0.222. The molecule has 24 heavy (non-hydrogen) atoms. The van der Waals surface area contributed by atoms with E-state index >= 15 is 0 Å². The second-order valence-corrected chi connectivity index (χ2v) is 5.90. The van der Waals surface area contributed by atoms with Gasteiger partial charge >= 0.3 is 0 Å². The number of hydrogen-bond acceptors (Lipinski definition) is 3. The van der Waals surface area contributed by atoms with Crippen LogP contribution in [-0.2, 0) is 9.59 Å². The van der Waals surface area contributed by atoms with Crippen LogP contribution in [-0.4, -0.2) is 18.4 Å². The molecule has 0 aromatic heterocycles. The molecule has 5 nitrogen and oxygen atoms in total. The molecule has 2 N–H and O–H groups in total. The first-order valence-corrected chi connectivity index (χ1v) is 7.80. The molecule has 0 fully saturated rings. The van der Waals surface area contributed by atoms with E-state index in [1.54, 1.807) is 36.4 Å². The first-order valence-electron chi connectivity index (χ1n) is 7.42. The van der Waals surface area contributed by atoms with Crippen molar-refractivity contribution in [2.75, 3.05) is 17.2 Å². The van der Waals surface area contributed by atoms with Gasteiger partial charge in [0.2, 0.25) is 5.91 Å². The maximum atomic E-state index is 12.0. The van der Waals surface area contributed by atoms with Crippen LogP contribution in [0.2, 0.25) is 5.02 Å². The number of nitrogens with one attached hydrogen (secondary N) is 2. The van der Waals surface area contributed by atoms with Crippen LogP contribution in [0, 0.1) is 13.8 Å². The Kier molecular flexibility index (Phi) is 5.82. The van der Waals surface area contributed by atoms with Gasteiger partial charge in [-0.1, -0.05) is 11.6 Å². The zero-order valence-electron chi connectivity index (χ0n) is 13.8. The molecule has 2 aromatic carbocycles. The van der Waals surface area contributed by atoms with E-state index in [2.05, 4.69) is 10.6 Å². The van der Waals surface area contributed by atoms with Crippen LogP contribution >= 0.6 is 11.6 Å². The van der Waals surface area contributed by atoms with Gasteiger partial charge < -0.3 is 15.4 Å². The Labute approximate surface area is 146 Å². The van der Waals surface area contributed by atoms with E-state index in [1.807, 2.05) is 13.8 Å². The third kappa shape index (κ3) is 4.99. The molecule has 0 radical (unpaired) electrons. The summed E-state index contributed by atoms with van der Waals surface area (Å²) in [6.45, 7) is 5.10. The highest BCUT2D eigenvalue weighted by molar-refractivity contribution is 6.30. The summed E-state index contributed by atoms with van der Waals surface area (Å²) in [5.41, 5.74) is 3.06. The maximum Gasteiger partial charge on any atom is 0.262 e. The number of ether oxygens (including phenoxy) is 1. The van der Waals surface area contributed by atoms with E-state index in [4.69, 9.17) is 16.3 Å². The largest absolute Gasteiger partial charge is 0.483 e. The number of anilines is 2. The van der Waals surface area contributed by atoms with Crippen molar-refractivity contribution in [1.29, 1.82) is 0 Å². The predicted molar refractivity (Wildman–Crippen MR) is 95.8 cm³/mol. The second-order valence-electron chi connectivity index (χ2n) is 5.46. The summed E-state index contributed by atoms with van der Waals surface area (Å²) in [6, 6.07) is 10.4. The van der Waals surface area contributed by atoms with Crippen LogP contribution in [0.15, 0.2) is 36.4 Å². The van der Waals surface area contributed by atoms with Crippen molar-refractivity contribution in [1.82, 2.24) is 0 Å². The van der Waals surface area contributed by atoms with Gasteiger partial charge in [-0.25, -0.2) is 0 Å². The molecule has 0 spiro atoms. The molecule has 2 amide bonds. The van der Waals surface area contributed by atoms with Crippen molar-refractivity contribution in [3.8, 4) is 5.75 Å². The van der Waals surface area contributed by atoms with Crippen molar-refractivity contribution in [3.05, 3.63) is 52.5 Å². The SMILES string of the molecule is CC(=O)Nc1ccc(NC(=O)COc2c(C)cc(Cl)cc2C)cc1. The van der Waals surface area contributed by atoms with Gasteiger partial charge in [0, 0.05) is 23.3 Å². The lowest BCUT2D eigenvalue weighted by Gasteiger charge is -2.13. The summed E-state index contributed by atoms with van der Waals surface area (Å²) in [4.78, 5) is 23.0. The average molecular weight is 347 g/mol. The highest BCUT2D eigenvalue weighted by Crippen LogP contribution is 2.27. The quantitative estimate of drug-likeness (QED) is 0.861. The number of carbonyl (C=O) groups is 2. The molecule has 0 saturated carbocycles. The van der Waals surface area contributed by atoms with Gasteiger partial charge in [-0.05, 0) is 61.4 Å². The molecule has 2 aromatic rings. The maximum absolute atomic E-state index is 12.0. The van der Waals surface area contributed by atoms with Crippen molar-refractivity contribution < 1.29 is 14.3 Å². The first-order chi connectivity index (χ1) is 11.3. The summed E-state index contributed by atoms with van der Waals surface area (Å²) in [6.07, 6.45) is 0. The number of halogens is 1. The fourth-order valence-electron chi connectivity index (χ4n) is 2.30. The highest BCUT2D eigenvalue weighted by Gasteiger charge is 2.09. The van der Waals surface area contributed by atoms with Crippen molar-refractivity contribution >= 4 is 34.8 Å². The van der Waals surface area contributed by atoms with Gasteiger partial charge in [0.1, 0.15) is 5.75 Å². The minimum absolute atomic E-state index is 0.100. The molecule has 0 aliphatic carbocycles. The Hall–Kier alpha value is -2.53. The number of aryl methyl sites for hydroxylation is 2. The Balaban J connectivity index is 1.93. The van der Waals surface area contributed by atoms with Gasteiger partial charge in [-0.2, -0.15) is 0 Å². The number of benzene rings is 2. The number of rotatable bonds is 5. The number of hydrogen-bond donors (Lipinski definition) is 2. The average Bonchev–Trinajstić information content (AvgIpc) is 2.47. The van der Waals surface area contributed by atoms with E-state index in [1.165, 1.54) is 6.92 Å². The smallest absolute Gasteiger partial charge is 0.262 e. The summed E-state index contributed by atoms with van der Waals surface area (Å²) >= 11 is 5.98. The molecule has 126 valence electrons. The third-order valence-electron chi connectivity index (χ3n) is 3.26. The van der Waals surface area contributed by atoms with Crippen LogP contribution in [0.1, 0.15) is 18.1 Å². The Morgan fingerprint density at radius 3 is 2.00 bits per heavy atom. The topological polar surface area (TPSA) is 67.4 Å². The first kappa shape index (κ1) is 17.8. The van der Waals surface area contributed by atoms with Crippen LogP contribution < -0.4 is 15.4 Å². The van der Waals surface area contributed by atoms with Crippen molar-refractivity contribution in [3.63, 3.8) is 0 Å². The molecule has 0 aliphatic heterocycles. The van der Waals surface area contributed by atoms with Gasteiger partial charge in [-0.3, -0.25) is 9.59 Å². The van der Waals surface area contributed by atoms with Crippen LogP contribution in [0.25, 0.3) is 0 Å². The standard InChI is InChI=1S/C18H19ClN2O3/c1-11-8-14(19)9-12(2)18(11)24-10-17(23)21-16-6-4-15(5-7-16)20-13(3)22/h4-9H,10H2,1-3H3,(H,20,22)(H,21,23). The Morgan fingerprint density at radius 2 is 1.50 bits per heavy atom. The molecule has 0 saturated heterocycles. The Bertz CT molecular complexity index is 734. The fourth-order valence-corrected chi connectivity index (χ4v) is 2.63. The third-order valence-corrected chi connectivity index (χ3v) is 3.48. The molecule has 2 rings (SSSR count). The molecule has 0 heterocycles. The lowest BCUT2D eigenvalue weighted by molar-refractivity contribution is -0.118. The summed E-state index contributed by atoms with van der Waals surface area (Å²) in [5.74, 6) is 0.250. The summed E-state index contributed by atoms with van der Waals surface area (Å²) < 4.78 is 5.61. The van der Waals surface area contributed by atoms with Gasteiger partial charge in [0.05, 0.1) is 0 Å². The van der Waals surface area contributed by atoms with E-state index in [-0.39, 0.29) is 18.4 Å². The van der Waals surface area contributed by atoms with E-state index in [0.29, 0.717) is 22.1 Å². The number of carbonyl (C=O) groups excluding carboxylic acids is 2. The zero-order valence-corrected chi connectivity index (χ0v) is 14.5. The van der Waals surface area contributed by atoms with Crippen molar-refractivity contribution in [2.45, 2.75) is 20.8 Å². The van der Waals surface area contributed by atoms with E-state index < -0.39 is 0 Å².